The molecule has 2 aromatic carbocycles. The van der Waals surface area contributed by atoms with E-state index in [-0.39, 0.29) is 11.9 Å². The highest BCUT2D eigenvalue weighted by molar-refractivity contribution is 9.10. The second kappa shape index (κ2) is 8.27. The molecule has 0 radical (unpaired) electrons. The van der Waals surface area contributed by atoms with Gasteiger partial charge >= 0.3 is 0 Å². The van der Waals surface area contributed by atoms with Crippen LogP contribution in [0.5, 0.6) is 0 Å². The van der Waals surface area contributed by atoms with Crippen LogP contribution in [-0.2, 0) is 12.8 Å². The SMILES string of the molecule is NNC(CCCc1ccccc1)Cc1ccc(F)c(Br)c1. The first-order chi connectivity index (χ1) is 10.2. The second-order valence-electron chi connectivity index (χ2n) is 5.19. The molecule has 0 saturated carbocycles. The number of nitrogens with two attached hydrogens (primary N) is 1. The lowest BCUT2D eigenvalue weighted by Crippen LogP contribution is -2.36. The van der Waals surface area contributed by atoms with Crippen LogP contribution in [0.4, 0.5) is 4.39 Å². The Morgan fingerprint density at radius 2 is 1.86 bits per heavy atom. The summed E-state index contributed by atoms with van der Waals surface area (Å²) < 4.78 is 13.7. The topological polar surface area (TPSA) is 38.0 Å². The van der Waals surface area contributed by atoms with Crippen LogP contribution in [0.1, 0.15) is 24.0 Å². The molecule has 0 aliphatic heterocycles. The number of hydrogen-bond acceptors (Lipinski definition) is 2. The normalized spacial score (nSPS) is 12.3. The van der Waals surface area contributed by atoms with Crippen molar-refractivity contribution in [1.29, 1.82) is 0 Å². The van der Waals surface area contributed by atoms with Crippen molar-refractivity contribution in [3.05, 3.63) is 69.9 Å². The average Bonchev–Trinajstić information content (AvgIpc) is 2.51. The molecule has 21 heavy (non-hydrogen) atoms. The summed E-state index contributed by atoms with van der Waals surface area (Å²) in [5.74, 6) is 5.40. The maximum absolute atomic E-state index is 13.2. The van der Waals surface area contributed by atoms with Gasteiger partial charge in [-0.25, -0.2) is 4.39 Å². The van der Waals surface area contributed by atoms with E-state index in [1.54, 1.807) is 0 Å². The maximum Gasteiger partial charge on any atom is 0.137 e. The maximum atomic E-state index is 13.2. The highest BCUT2D eigenvalue weighted by Crippen LogP contribution is 2.18. The minimum absolute atomic E-state index is 0.200. The Balaban J connectivity index is 1.84. The Labute approximate surface area is 133 Å². The molecular formula is C17H20BrFN2. The predicted molar refractivity (Wildman–Crippen MR) is 88.3 cm³/mol. The van der Waals surface area contributed by atoms with Gasteiger partial charge in [-0.15, -0.1) is 0 Å². The van der Waals surface area contributed by atoms with Crippen molar-refractivity contribution < 1.29 is 4.39 Å². The summed E-state index contributed by atoms with van der Waals surface area (Å²) in [6.45, 7) is 0. The fourth-order valence-corrected chi connectivity index (χ4v) is 2.82. The Morgan fingerprint density at radius 1 is 1.10 bits per heavy atom. The molecule has 1 unspecified atom stereocenters. The van der Waals surface area contributed by atoms with Crippen molar-refractivity contribution in [2.24, 2.45) is 5.84 Å². The Kier molecular flexibility index (Phi) is 6.36. The molecule has 2 rings (SSSR count). The third-order valence-electron chi connectivity index (χ3n) is 3.56. The molecule has 112 valence electrons. The number of hydrazine groups is 1. The van der Waals surface area contributed by atoms with Crippen molar-refractivity contribution in [2.75, 3.05) is 0 Å². The molecule has 0 saturated heterocycles. The first-order valence-electron chi connectivity index (χ1n) is 7.13. The van der Waals surface area contributed by atoms with Crippen LogP contribution in [0.15, 0.2) is 53.0 Å². The molecule has 2 nitrogen and oxygen atoms in total. The zero-order valence-corrected chi connectivity index (χ0v) is 13.4. The number of hydrogen-bond donors (Lipinski definition) is 2. The fourth-order valence-electron chi connectivity index (χ4n) is 2.39. The standard InChI is InChI=1S/C17H20BrFN2/c18-16-12-14(9-10-17(16)19)11-15(21-20)8-4-7-13-5-2-1-3-6-13/h1-3,5-6,9-10,12,15,21H,4,7-8,11,20H2. The van der Waals surface area contributed by atoms with Crippen LogP contribution < -0.4 is 11.3 Å². The van der Waals surface area contributed by atoms with E-state index in [0.717, 1.165) is 31.2 Å². The van der Waals surface area contributed by atoms with Crippen LogP contribution in [0, 0.1) is 5.82 Å². The van der Waals surface area contributed by atoms with E-state index in [1.165, 1.54) is 11.6 Å². The van der Waals surface area contributed by atoms with Crippen LogP contribution in [0.3, 0.4) is 0 Å². The van der Waals surface area contributed by atoms with E-state index < -0.39 is 0 Å². The summed E-state index contributed by atoms with van der Waals surface area (Å²) in [5.41, 5.74) is 5.28. The van der Waals surface area contributed by atoms with Gasteiger partial charge in [-0.05, 0) is 64.9 Å². The lowest BCUT2D eigenvalue weighted by atomic mass is 9.99. The van der Waals surface area contributed by atoms with Gasteiger partial charge in [-0.1, -0.05) is 36.4 Å². The Bertz CT molecular complexity index is 560. The zero-order chi connectivity index (χ0) is 15.1. The molecule has 4 heteroatoms. The molecule has 3 N–H and O–H groups in total. The number of nitrogens with one attached hydrogen (secondary N) is 1. The van der Waals surface area contributed by atoms with E-state index in [0.29, 0.717) is 4.47 Å². The molecule has 0 aliphatic rings. The van der Waals surface area contributed by atoms with Gasteiger partial charge in [0, 0.05) is 6.04 Å². The van der Waals surface area contributed by atoms with E-state index in [4.69, 9.17) is 5.84 Å². The molecule has 0 aromatic heterocycles. The van der Waals surface area contributed by atoms with Gasteiger partial charge in [0.1, 0.15) is 5.82 Å². The molecule has 0 heterocycles. The number of benzene rings is 2. The quantitative estimate of drug-likeness (QED) is 0.585. The molecule has 0 fully saturated rings. The van der Waals surface area contributed by atoms with Gasteiger partial charge in [0.2, 0.25) is 0 Å². The monoisotopic (exact) mass is 350 g/mol. The molecular weight excluding hydrogens is 331 g/mol. The summed E-state index contributed by atoms with van der Waals surface area (Å²) in [7, 11) is 0. The van der Waals surface area contributed by atoms with Crippen LogP contribution in [0.25, 0.3) is 0 Å². The lowest BCUT2D eigenvalue weighted by molar-refractivity contribution is 0.476. The minimum Gasteiger partial charge on any atom is -0.271 e. The third kappa shape index (κ3) is 5.23. The smallest absolute Gasteiger partial charge is 0.137 e. The van der Waals surface area contributed by atoms with Crippen molar-refractivity contribution in [3.63, 3.8) is 0 Å². The van der Waals surface area contributed by atoms with Crippen LogP contribution in [0.2, 0.25) is 0 Å². The molecule has 1 atom stereocenters. The van der Waals surface area contributed by atoms with E-state index in [1.807, 2.05) is 18.2 Å². The summed E-state index contributed by atoms with van der Waals surface area (Å²) >= 11 is 3.21. The molecule has 0 aliphatic carbocycles. The van der Waals surface area contributed by atoms with Crippen molar-refractivity contribution >= 4 is 15.9 Å². The average molecular weight is 351 g/mol. The first kappa shape index (κ1) is 16.1. The molecule has 0 amide bonds. The van der Waals surface area contributed by atoms with E-state index >= 15 is 0 Å². The van der Waals surface area contributed by atoms with Crippen molar-refractivity contribution in [2.45, 2.75) is 31.7 Å². The van der Waals surface area contributed by atoms with Crippen LogP contribution in [-0.4, -0.2) is 6.04 Å². The van der Waals surface area contributed by atoms with Crippen LogP contribution >= 0.6 is 15.9 Å². The second-order valence-corrected chi connectivity index (χ2v) is 6.05. The number of rotatable bonds is 7. The fraction of sp³-hybridized carbons (Fsp3) is 0.294. The summed E-state index contributed by atoms with van der Waals surface area (Å²) in [5, 5.41) is 0. The third-order valence-corrected chi connectivity index (χ3v) is 4.17. The summed E-state index contributed by atoms with van der Waals surface area (Å²) in [4.78, 5) is 0. The number of halogens is 2. The van der Waals surface area contributed by atoms with E-state index in [2.05, 4.69) is 45.6 Å². The van der Waals surface area contributed by atoms with Gasteiger partial charge in [0.05, 0.1) is 4.47 Å². The van der Waals surface area contributed by atoms with Crippen molar-refractivity contribution in [3.8, 4) is 0 Å². The van der Waals surface area contributed by atoms with Gasteiger partial charge in [0.25, 0.3) is 0 Å². The largest absolute Gasteiger partial charge is 0.271 e. The lowest BCUT2D eigenvalue weighted by Gasteiger charge is -2.16. The van der Waals surface area contributed by atoms with Gasteiger partial charge in [0.15, 0.2) is 0 Å². The Morgan fingerprint density at radius 3 is 2.52 bits per heavy atom. The molecule has 0 spiro atoms. The van der Waals surface area contributed by atoms with Gasteiger partial charge in [-0.3, -0.25) is 11.3 Å². The highest BCUT2D eigenvalue weighted by atomic mass is 79.9. The molecule has 0 bridgehead atoms. The Hall–Kier alpha value is -1.23. The zero-order valence-electron chi connectivity index (χ0n) is 11.9. The highest BCUT2D eigenvalue weighted by Gasteiger charge is 2.09. The van der Waals surface area contributed by atoms with Crippen molar-refractivity contribution in [1.82, 2.24) is 5.43 Å². The predicted octanol–water partition coefficient (Wildman–Crippen LogP) is 3.99. The minimum atomic E-state index is -0.236. The van der Waals surface area contributed by atoms with Gasteiger partial charge in [-0.2, -0.15) is 0 Å². The number of aryl methyl sites for hydroxylation is 1. The van der Waals surface area contributed by atoms with E-state index in [9.17, 15) is 4.39 Å². The first-order valence-corrected chi connectivity index (χ1v) is 7.92. The summed E-state index contributed by atoms with van der Waals surface area (Å²) in [6, 6.07) is 15.7. The van der Waals surface area contributed by atoms with Gasteiger partial charge < -0.3 is 0 Å². The summed E-state index contributed by atoms with van der Waals surface area (Å²) in [6.07, 6.45) is 3.90. The molecule has 2 aromatic rings.